The molecule has 0 aliphatic rings. The van der Waals surface area contributed by atoms with E-state index in [2.05, 4.69) is 6.58 Å². The van der Waals surface area contributed by atoms with Crippen molar-refractivity contribution in [3.63, 3.8) is 0 Å². The van der Waals surface area contributed by atoms with Crippen LogP contribution in [0.15, 0.2) is 36.9 Å². The fourth-order valence-electron chi connectivity index (χ4n) is 0.755. The van der Waals surface area contributed by atoms with Gasteiger partial charge in [0, 0.05) is 4.57 Å². The number of para-hydroxylation sites is 2. The molecular formula is C9H10O4P+. The number of aromatic hydroxyl groups is 1. The van der Waals surface area contributed by atoms with Crippen LogP contribution >= 0.6 is 8.25 Å². The summed E-state index contributed by atoms with van der Waals surface area (Å²) < 4.78 is 20.6. The highest BCUT2D eigenvalue weighted by molar-refractivity contribution is 7.33. The smallest absolute Gasteiger partial charge is 0.504 e. The summed E-state index contributed by atoms with van der Waals surface area (Å²) in [4.78, 5) is 0. The Bertz CT molecular complexity index is 337. The molecule has 0 bridgehead atoms. The highest BCUT2D eigenvalue weighted by Crippen LogP contribution is 2.33. The van der Waals surface area contributed by atoms with Crippen molar-refractivity contribution in [1.82, 2.24) is 0 Å². The quantitative estimate of drug-likeness (QED) is 0.603. The Morgan fingerprint density at radius 2 is 2.21 bits per heavy atom. The molecule has 4 nitrogen and oxygen atoms in total. The van der Waals surface area contributed by atoms with Gasteiger partial charge >= 0.3 is 8.25 Å². The molecule has 1 aromatic rings. The molecule has 0 aromatic heterocycles. The number of hydrogen-bond acceptors (Lipinski definition) is 4. The van der Waals surface area contributed by atoms with Gasteiger partial charge in [0.25, 0.3) is 0 Å². The third kappa shape index (κ3) is 3.17. The second kappa shape index (κ2) is 5.37. The lowest BCUT2D eigenvalue weighted by Gasteiger charge is -1.94. The Labute approximate surface area is 82.7 Å². The van der Waals surface area contributed by atoms with E-state index in [1.165, 1.54) is 18.2 Å². The number of phenols is 1. The van der Waals surface area contributed by atoms with E-state index in [-0.39, 0.29) is 18.1 Å². The maximum absolute atomic E-state index is 11.1. The Kier molecular flexibility index (Phi) is 4.11. The normalized spacial score (nSPS) is 10.7. The van der Waals surface area contributed by atoms with Crippen LogP contribution in [0.2, 0.25) is 0 Å². The summed E-state index contributed by atoms with van der Waals surface area (Å²) in [5.41, 5.74) is 0. The molecule has 1 rings (SSSR count). The molecule has 1 aromatic carbocycles. The van der Waals surface area contributed by atoms with Gasteiger partial charge in [0.1, 0.15) is 6.61 Å². The molecule has 0 fully saturated rings. The predicted octanol–water partition coefficient (Wildman–Crippen LogP) is 2.63. The maximum Gasteiger partial charge on any atom is 0.750 e. The zero-order valence-corrected chi connectivity index (χ0v) is 8.31. The van der Waals surface area contributed by atoms with E-state index >= 15 is 0 Å². The molecule has 1 unspecified atom stereocenters. The molecule has 74 valence electrons. The van der Waals surface area contributed by atoms with Crippen molar-refractivity contribution < 1.29 is 18.7 Å². The first-order chi connectivity index (χ1) is 6.74. The summed E-state index contributed by atoms with van der Waals surface area (Å²) in [7, 11) is -2.26. The fourth-order valence-corrected chi connectivity index (χ4v) is 1.35. The summed E-state index contributed by atoms with van der Waals surface area (Å²) in [6.45, 7) is 3.54. The van der Waals surface area contributed by atoms with Gasteiger partial charge in [-0.3, -0.25) is 0 Å². The average molecular weight is 213 g/mol. The molecule has 0 amide bonds. The Morgan fingerprint density at radius 3 is 2.86 bits per heavy atom. The molecule has 1 N–H and O–H groups in total. The van der Waals surface area contributed by atoms with E-state index in [1.807, 2.05) is 0 Å². The second-order valence-electron chi connectivity index (χ2n) is 2.37. The summed E-state index contributed by atoms with van der Waals surface area (Å²) in [6.07, 6.45) is 1.46. The average Bonchev–Trinajstić information content (AvgIpc) is 2.18. The van der Waals surface area contributed by atoms with Gasteiger partial charge in [-0.1, -0.05) is 18.2 Å². The summed E-state index contributed by atoms with van der Waals surface area (Å²) in [6, 6.07) is 6.23. The lowest BCUT2D eigenvalue weighted by atomic mass is 10.3. The van der Waals surface area contributed by atoms with Crippen molar-refractivity contribution in [3.05, 3.63) is 36.9 Å². The van der Waals surface area contributed by atoms with Crippen LogP contribution in [0, 0.1) is 0 Å². The third-order valence-corrected chi connectivity index (χ3v) is 2.04. The minimum Gasteiger partial charge on any atom is -0.504 e. The Hall–Kier alpha value is -1.38. The minimum absolute atomic E-state index is 0.0712. The van der Waals surface area contributed by atoms with Crippen LogP contribution in [0.3, 0.4) is 0 Å². The number of phenolic OH excluding ortho intramolecular Hbond substituents is 1. The minimum atomic E-state index is -2.26. The number of rotatable bonds is 5. The van der Waals surface area contributed by atoms with Crippen molar-refractivity contribution in [1.29, 1.82) is 0 Å². The lowest BCUT2D eigenvalue weighted by Crippen LogP contribution is -1.86. The lowest BCUT2D eigenvalue weighted by molar-refractivity contribution is 0.312. The van der Waals surface area contributed by atoms with Crippen molar-refractivity contribution in [2.24, 2.45) is 0 Å². The predicted molar refractivity (Wildman–Crippen MR) is 52.5 cm³/mol. The first-order valence-corrected chi connectivity index (χ1v) is 5.00. The van der Waals surface area contributed by atoms with Gasteiger partial charge in [0.15, 0.2) is 5.75 Å². The van der Waals surface area contributed by atoms with Gasteiger partial charge in [0.05, 0.1) is 0 Å². The maximum atomic E-state index is 11.1. The standard InChI is InChI=1S/C9H9O4P/c1-2-7-12-14(11)13-9-6-4-3-5-8(9)10/h2-6H,1,7H2/p+1. The highest BCUT2D eigenvalue weighted by atomic mass is 31.1. The number of hydrogen-bond donors (Lipinski definition) is 1. The van der Waals surface area contributed by atoms with Gasteiger partial charge < -0.3 is 5.11 Å². The van der Waals surface area contributed by atoms with Gasteiger partial charge in [-0.15, -0.1) is 11.1 Å². The van der Waals surface area contributed by atoms with Gasteiger partial charge in [-0.2, -0.15) is 0 Å². The van der Waals surface area contributed by atoms with Crippen molar-refractivity contribution in [2.75, 3.05) is 6.61 Å². The zero-order valence-electron chi connectivity index (χ0n) is 7.42. The molecular weight excluding hydrogens is 203 g/mol. The van der Waals surface area contributed by atoms with Crippen molar-refractivity contribution in [3.8, 4) is 11.5 Å². The van der Waals surface area contributed by atoms with Crippen LogP contribution in [-0.2, 0) is 9.09 Å². The van der Waals surface area contributed by atoms with E-state index < -0.39 is 8.25 Å². The second-order valence-corrected chi connectivity index (χ2v) is 3.26. The van der Waals surface area contributed by atoms with Crippen molar-refractivity contribution >= 4 is 8.25 Å². The molecule has 0 heterocycles. The summed E-state index contributed by atoms with van der Waals surface area (Å²) in [5.74, 6) is 0.0655. The van der Waals surface area contributed by atoms with E-state index in [0.717, 1.165) is 0 Å². The monoisotopic (exact) mass is 213 g/mol. The van der Waals surface area contributed by atoms with E-state index in [0.29, 0.717) is 0 Å². The molecule has 14 heavy (non-hydrogen) atoms. The van der Waals surface area contributed by atoms with E-state index in [4.69, 9.17) is 9.05 Å². The first kappa shape index (κ1) is 10.7. The molecule has 0 aliphatic heterocycles. The summed E-state index contributed by atoms with van der Waals surface area (Å²) in [5, 5.41) is 9.26. The van der Waals surface area contributed by atoms with Crippen LogP contribution in [0.5, 0.6) is 11.5 Å². The number of benzene rings is 1. The van der Waals surface area contributed by atoms with Crippen LogP contribution in [-0.4, -0.2) is 11.7 Å². The largest absolute Gasteiger partial charge is 0.750 e. The molecule has 1 atom stereocenters. The zero-order chi connectivity index (χ0) is 10.4. The molecule has 0 saturated carbocycles. The topological polar surface area (TPSA) is 55.8 Å². The van der Waals surface area contributed by atoms with E-state index in [9.17, 15) is 9.67 Å². The SMILES string of the molecule is C=CCO[P+](=O)Oc1ccccc1O. The Balaban J connectivity index is 2.56. The summed E-state index contributed by atoms with van der Waals surface area (Å²) >= 11 is 0. The molecule has 0 spiro atoms. The Morgan fingerprint density at radius 1 is 1.50 bits per heavy atom. The first-order valence-electron chi connectivity index (χ1n) is 3.91. The highest BCUT2D eigenvalue weighted by Gasteiger charge is 2.22. The van der Waals surface area contributed by atoms with Gasteiger partial charge in [-0.25, -0.2) is 4.52 Å². The molecule has 0 aliphatic carbocycles. The van der Waals surface area contributed by atoms with Crippen LogP contribution < -0.4 is 4.52 Å². The molecule has 0 saturated heterocycles. The molecule has 0 radical (unpaired) electrons. The van der Waals surface area contributed by atoms with Crippen LogP contribution in [0.1, 0.15) is 0 Å². The van der Waals surface area contributed by atoms with E-state index in [1.54, 1.807) is 12.1 Å². The van der Waals surface area contributed by atoms with Crippen LogP contribution in [0.4, 0.5) is 0 Å². The van der Waals surface area contributed by atoms with Gasteiger partial charge in [0.2, 0.25) is 5.75 Å². The molecule has 5 heteroatoms. The third-order valence-electron chi connectivity index (χ3n) is 1.34. The van der Waals surface area contributed by atoms with Gasteiger partial charge in [-0.05, 0) is 12.1 Å². The van der Waals surface area contributed by atoms with Crippen molar-refractivity contribution in [2.45, 2.75) is 0 Å². The fraction of sp³-hybridized carbons (Fsp3) is 0.111. The van der Waals surface area contributed by atoms with Crippen LogP contribution in [0.25, 0.3) is 0 Å².